The molecule has 3 nitrogen and oxygen atoms in total. The van der Waals surface area contributed by atoms with E-state index in [9.17, 15) is 9.90 Å². The summed E-state index contributed by atoms with van der Waals surface area (Å²) in [7, 11) is 0. The summed E-state index contributed by atoms with van der Waals surface area (Å²) in [5, 5.41) is 9.53. The molecule has 1 aliphatic heterocycles. The molecule has 0 saturated carbocycles. The first-order valence-electron chi connectivity index (χ1n) is 8.28. The fourth-order valence-corrected chi connectivity index (χ4v) is 2.73. The molecule has 0 atom stereocenters. The van der Waals surface area contributed by atoms with E-state index >= 15 is 0 Å². The van der Waals surface area contributed by atoms with Crippen LogP contribution in [0.2, 0.25) is 0 Å². The van der Waals surface area contributed by atoms with Crippen molar-refractivity contribution in [2.75, 3.05) is 13.1 Å². The first kappa shape index (κ1) is 16.3. The average Bonchev–Trinajstić information content (AvgIpc) is 2.62. The predicted molar refractivity (Wildman–Crippen MR) is 94.7 cm³/mol. The molecule has 0 radical (unpaired) electrons. The number of aliphatic hydroxyl groups is 1. The van der Waals surface area contributed by atoms with Crippen LogP contribution < -0.4 is 0 Å². The van der Waals surface area contributed by atoms with Gasteiger partial charge in [0.05, 0.1) is 6.10 Å². The summed E-state index contributed by atoms with van der Waals surface area (Å²) in [4.78, 5) is 14.2. The number of piperidine rings is 1. The van der Waals surface area contributed by atoms with Crippen LogP contribution >= 0.6 is 0 Å². The quantitative estimate of drug-likeness (QED) is 0.821. The lowest BCUT2D eigenvalue weighted by molar-refractivity contribution is 0.0546. The Bertz CT molecular complexity index is 758. The van der Waals surface area contributed by atoms with E-state index in [1.165, 1.54) is 5.56 Å². The fourth-order valence-electron chi connectivity index (χ4n) is 2.73. The normalized spacial score (nSPS) is 14.8. The highest BCUT2D eigenvalue weighted by Crippen LogP contribution is 2.14. The number of carbonyl (C=O) groups is 1. The summed E-state index contributed by atoms with van der Waals surface area (Å²) >= 11 is 0. The molecule has 2 aromatic rings. The van der Waals surface area contributed by atoms with Crippen LogP contribution in [0.5, 0.6) is 0 Å². The molecule has 3 rings (SSSR count). The number of rotatable bonds is 1. The third-order valence-corrected chi connectivity index (χ3v) is 4.29. The summed E-state index contributed by atoms with van der Waals surface area (Å²) in [6.45, 7) is 3.29. The molecule has 1 aliphatic rings. The Balaban J connectivity index is 1.67. The Hall–Kier alpha value is -2.57. The molecule has 1 N–H and O–H groups in total. The van der Waals surface area contributed by atoms with E-state index < -0.39 is 0 Å². The molecule has 24 heavy (non-hydrogen) atoms. The Kier molecular flexibility index (Phi) is 4.98. The minimum absolute atomic E-state index is 0.0277. The minimum atomic E-state index is -0.270. The Morgan fingerprint density at radius 1 is 0.958 bits per heavy atom. The second-order valence-corrected chi connectivity index (χ2v) is 6.22. The summed E-state index contributed by atoms with van der Waals surface area (Å²) in [6.07, 6.45) is 1.05. The zero-order valence-electron chi connectivity index (χ0n) is 13.8. The number of nitrogens with zero attached hydrogens (tertiary/aromatic N) is 1. The van der Waals surface area contributed by atoms with E-state index in [1.807, 2.05) is 48.5 Å². The largest absolute Gasteiger partial charge is 0.393 e. The van der Waals surface area contributed by atoms with E-state index in [1.54, 1.807) is 4.90 Å². The van der Waals surface area contributed by atoms with E-state index in [2.05, 4.69) is 18.8 Å². The second kappa shape index (κ2) is 7.33. The van der Waals surface area contributed by atoms with Crippen molar-refractivity contribution in [1.82, 2.24) is 4.90 Å². The van der Waals surface area contributed by atoms with Crippen LogP contribution in [0.1, 0.15) is 39.9 Å². The van der Waals surface area contributed by atoms with Gasteiger partial charge in [-0.3, -0.25) is 4.79 Å². The number of hydrogen-bond donors (Lipinski definition) is 1. The Morgan fingerprint density at radius 3 is 2.00 bits per heavy atom. The molecular weight excluding hydrogens is 298 g/mol. The highest BCUT2D eigenvalue weighted by Gasteiger charge is 2.21. The smallest absolute Gasteiger partial charge is 0.253 e. The van der Waals surface area contributed by atoms with Crippen LogP contribution in [0, 0.1) is 18.8 Å². The van der Waals surface area contributed by atoms with Gasteiger partial charge in [-0.15, -0.1) is 0 Å². The molecule has 1 fully saturated rings. The van der Waals surface area contributed by atoms with Gasteiger partial charge in [-0.1, -0.05) is 29.5 Å². The molecule has 1 saturated heterocycles. The van der Waals surface area contributed by atoms with Crippen molar-refractivity contribution in [2.45, 2.75) is 25.9 Å². The maximum absolute atomic E-state index is 12.4. The van der Waals surface area contributed by atoms with Gasteiger partial charge in [0.2, 0.25) is 0 Å². The highest BCUT2D eigenvalue weighted by molar-refractivity contribution is 5.94. The van der Waals surface area contributed by atoms with Gasteiger partial charge in [-0.2, -0.15) is 0 Å². The zero-order valence-corrected chi connectivity index (χ0v) is 13.8. The SMILES string of the molecule is Cc1ccc(C#Cc2ccc(C(=O)N3CCC(O)CC3)cc2)cc1. The monoisotopic (exact) mass is 319 g/mol. The molecule has 1 heterocycles. The average molecular weight is 319 g/mol. The number of likely N-dealkylation sites (tertiary alicyclic amines) is 1. The van der Waals surface area contributed by atoms with Crippen molar-refractivity contribution in [3.63, 3.8) is 0 Å². The van der Waals surface area contributed by atoms with E-state index in [0.717, 1.165) is 11.1 Å². The zero-order chi connectivity index (χ0) is 16.9. The maximum atomic E-state index is 12.4. The van der Waals surface area contributed by atoms with E-state index in [4.69, 9.17) is 0 Å². The number of carbonyl (C=O) groups excluding carboxylic acids is 1. The van der Waals surface area contributed by atoms with Gasteiger partial charge >= 0.3 is 0 Å². The number of aryl methyl sites for hydroxylation is 1. The van der Waals surface area contributed by atoms with Crippen LogP contribution in [-0.4, -0.2) is 35.1 Å². The molecule has 0 aromatic heterocycles. The summed E-state index contributed by atoms with van der Waals surface area (Å²) in [5.74, 6) is 6.28. The minimum Gasteiger partial charge on any atom is -0.393 e. The molecule has 0 aliphatic carbocycles. The summed E-state index contributed by atoms with van der Waals surface area (Å²) in [6, 6.07) is 15.5. The lowest BCUT2D eigenvalue weighted by Gasteiger charge is -2.29. The van der Waals surface area contributed by atoms with Gasteiger partial charge in [0.15, 0.2) is 0 Å². The molecular formula is C21H21NO2. The molecule has 1 amide bonds. The third-order valence-electron chi connectivity index (χ3n) is 4.29. The van der Waals surface area contributed by atoms with Crippen molar-refractivity contribution < 1.29 is 9.90 Å². The number of amides is 1. The lowest BCUT2D eigenvalue weighted by atomic mass is 10.1. The summed E-state index contributed by atoms with van der Waals surface area (Å²) < 4.78 is 0. The topological polar surface area (TPSA) is 40.5 Å². The van der Waals surface area contributed by atoms with Crippen LogP contribution in [0.3, 0.4) is 0 Å². The van der Waals surface area contributed by atoms with Crippen LogP contribution in [0.4, 0.5) is 0 Å². The third kappa shape index (κ3) is 4.04. The van der Waals surface area contributed by atoms with Gasteiger partial charge < -0.3 is 10.0 Å². The highest BCUT2D eigenvalue weighted by atomic mass is 16.3. The summed E-state index contributed by atoms with van der Waals surface area (Å²) in [5.41, 5.74) is 3.76. The van der Waals surface area contributed by atoms with Crippen molar-refractivity contribution in [3.05, 3.63) is 70.8 Å². The van der Waals surface area contributed by atoms with Crippen molar-refractivity contribution in [1.29, 1.82) is 0 Å². The Labute approximate surface area is 142 Å². The molecule has 0 spiro atoms. The number of aliphatic hydroxyl groups excluding tert-OH is 1. The Morgan fingerprint density at radius 2 is 1.46 bits per heavy atom. The lowest BCUT2D eigenvalue weighted by Crippen LogP contribution is -2.40. The van der Waals surface area contributed by atoms with Gasteiger partial charge in [-0.25, -0.2) is 0 Å². The van der Waals surface area contributed by atoms with E-state index in [-0.39, 0.29) is 12.0 Å². The standard InChI is InChI=1S/C21H21NO2/c1-16-2-4-17(5-3-16)6-7-18-8-10-19(11-9-18)21(24)22-14-12-20(23)13-15-22/h2-5,8-11,20,23H,12-15H2,1H3. The second-order valence-electron chi connectivity index (χ2n) is 6.22. The van der Waals surface area contributed by atoms with E-state index in [0.29, 0.717) is 31.5 Å². The van der Waals surface area contributed by atoms with Crippen LogP contribution in [0.25, 0.3) is 0 Å². The van der Waals surface area contributed by atoms with Gasteiger partial charge in [0.25, 0.3) is 5.91 Å². The first-order chi connectivity index (χ1) is 11.6. The molecule has 2 aromatic carbocycles. The van der Waals surface area contributed by atoms with Gasteiger partial charge in [0.1, 0.15) is 0 Å². The molecule has 0 bridgehead atoms. The van der Waals surface area contributed by atoms with Crippen LogP contribution in [-0.2, 0) is 0 Å². The van der Waals surface area contributed by atoms with Crippen molar-refractivity contribution in [2.24, 2.45) is 0 Å². The van der Waals surface area contributed by atoms with Gasteiger partial charge in [-0.05, 0) is 56.2 Å². The fraction of sp³-hybridized carbons (Fsp3) is 0.286. The number of hydrogen-bond acceptors (Lipinski definition) is 2. The number of benzene rings is 2. The maximum Gasteiger partial charge on any atom is 0.253 e. The molecule has 3 heteroatoms. The first-order valence-corrected chi connectivity index (χ1v) is 8.28. The van der Waals surface area contributed by atoms with Crippen LogP contribution in [0.15, 0.2) is 48.5 Å². The van der Waals surface area contributed by atoms with Gasteiger partial charge in [0, 0.05) is 29.8 Å². The predicted octanol–water partition coefficient (Wildman–Crippen LogP) is 2.99. The molecule has 122 valence electrons. The van der Waals surface area contributed by atoms with Crippen molar-refractivity contribution >= 4 is 5.91 Å². The van der Waals surface area contributed by atoms with Crippen molar-refractivity contribution in [3.8, 4) is 11.8 Å². The molecule has 0 unspecified atom stereocenters.